The molecule has 1 atom stereocenters. The van der Waals surface area contributed by atoms with E-state index in [0.29, 0.717) is 6.04 Å². The van der Waals surface area contributed by atoms with Crippen molar-refractivity contribution in [2.24, 2.45) is 0 Å². The van der Waals surface area contributed by atoms with Crippen LogP contribution < -0.4 is 0 Å². The van der Waals surface area contributed by atoms with E-state index in [2.05, 4.69) is 54.8 Å². The summed E-state index contributed by atoms with van der Waals surface area (Å²) in [4.78, 5) is 17.3. The van der Waals surface area contributed by atoms with Gasteiger partial charge in [-0.05, 0) is 61.4 Å². The highest BCUT2D eigenvalue weighted by molar-refractivity contribution is 5.92. The highest BCUT2D eigenvalue weighted by atomic mass is 16.2. The fourth-order valence-electron chi connectivity index (χ4n) is 3.94. The van der Waals surface area contributed by atoms with Gasteiger partial charge in [0.1, 0.15) is 0 Å². The van der Waals surface area contributed by atoms with Crippen molar-refractivity contribution in [3.05, 3.63) is 41.5 Å². The maximum Gasteiger partial charge on any atom is 0.246 e. The molecule has 2 saturated heterocycles. The van der Waals surface area contributed by atoms with Crippen molar-refractivity contribution in [3.8, 4) is 0 Å². The summed E-state index contributed by atoms with van der Waals surface area (Å²) in [5.74, 6) is 0.168. The minimum absolute atomic E-state index is 0.163. The van der Waals surface area contributed by atoms with Crippen LogP contribution in [0, 0.1) is 0 Å². The van der Waals surface area contributed by atoms with Crippen LogP contribution in [0.1, 0.15) is 57.6 Å². The number of carbonyl (C=O) groups is 1. The zero-order valence-electron chi connectivity index (χ0n) is 16.0. The van der Waals surface area contributed by atoms with Gasteiger partial charge in [-0.1, -0.05) is 45.0 Å². The van der Waals surface area contributed by atoms with Gasteiger partial charge in [0.2, 0.25) is 5.91 Å². The van der Waals surface area contributed by atoms with Gasteiger partial charge < -0.3 is 9.80 Å². The van der Waals surface area contributed by atoms with Gasteiger partial charge in [0.05, 0.1) is 0 Å². The molecule has 0 spiro atoms. The first kappa shape index (κ1) is 18.2. The summed E-state index contributed by atoms with van der Waals surface area (Å²) in [6.45, 7) is 11.0. The van der Waals surface area contributed by atoms with E-state index in [1.54, 1.807) is 6.08 Å². The molecule has 25 heavy (non-hydrogen) atoms. The quantitative estimate of drug-likeness (QED) is 0.771. The number of amides is 1. The molecule has 2 fully saturated rings. The van der Waals surface area contributed by atoms with Crippen LogP contribution in [0.2, 0.25) is 0 Å². The Labute approximate surface area is 152 Å². The van der Waals surface area contributed by atoms with Crippen molar-refractivity contribution < 1.29 is 4.79 Å². The number of hydrogen-bond donors (Lipinski definition) is 0. The van der Waals surface area contributed by atoms with Gasteiger partial charge in [-0.15, -0.1) is 0 Å². The van der Waals surface area contributed by atoms with Gasteiger partial charge in [0, 0.05) is 25.2 Å². The lowest BCUT2D eigenvalue weighted by Gasteiger charge is -2.27. The molecule has 1 unspecified atom stereocenters. The number of hydrogen-bond acceptors (Lipinski definition) is 2. The Morgan fingerprint density at radius 2 is 1.76 bits per heavy atom. The summed E-state index contributed by atoms with van der Waals surface area (Å²) >= 11 is 0. The molecule has 1 aromatic carbocycles. The second-order valence-electron chi connectivity index (χ2n) is 8.54. The first-order valence-corrected chi connectivity index (χ1v) is 9.75. The molecule has 0 aliphatic carbocycles. The molecular formula is C22H32N2O. The molecule has 3 rings (SSSR count). The van der Waals surface area contributed by atoms with E-state index in [9.17, 15) is 4.79 Å². The molecule has 0 aromatic heterocycles. The average Bonchev–Trinajstić information content (AvgIpc) is 3.24. The Morgan fingerprint density at radius 1 is 1.08 bits per heavy atom. The van der Waals surface area contributed by atoms with Crippen molar-refractivity contribution >= 4 is 12.0 Å². The van der Waals surface area contributed by atoms with Gasteiger partial charge in [-0.2, -0.15) is 0 Å². The Morgan fingerprint density at radius 3 is 2.40 bits per heavy atom. The monoisotopic (exact) mass is 340 g/mol. The van der Waals surface area contributed by atoms with Crippen molar-refractivity contribution in [1.29, 1.82) is 0 Å². The molecule has 3 nitrogen and oxygen atoms in total. The lowest BCUT2D eigenvalue weighted by Crippen LogP contribution is -2.41. The summed E-state index contributed by atoms with van der Waals surface area (Å²) in [7, 11) is 0. The maximum atomic E-state index is 12.6. The summed E-state index contributed by atoms with van der Waals surface area (Å²) in [5, 5.41) is 0. The molecule has 1 amide bonds. The Hall–Kier alpha value is -1.61. The van der Waals surface area contributed by atoms with E-state index in [1.165, 1.54) is 31.5 Å². The average molecular weight is 341 g/mol. The molecule has 2 aliphatic rings. The fourth-order valence-corrected chi connectivity index (χ4v) is 3.94. The molecule has 0 N–H and O–H groups in total. The highest BCUT2D eigenvalue weighted by Gasteiger charge is 2.29. The van der Waals surface area contributed by atoms with E-state index in [4.69, 9.17) is 0 Å². The van der Waals surface area contributed by atoms with Gasteiger partial charge >= 0.3 is 0 Å². The third-order valence-electron chi connectivity index (χ3n) is 5.52. The minimum Gasteiger partial charge on any atom is -0.335 e. The third kappa shape index (κ3) is 4.72. The minimum atomic E-state index is 0.163. The summed E-state index contributed by atoms with van der Waals surface area (Å²) in [5.41, 5.74) is 2.58. The normalized spacial score (nSPS) is 22.2. The first-order chi connectivity index (χ1) is 11.9. The molecule has 0 bridgehead atoms. The lowest BCUT2D eigenvalue weighted by molar-refractivity contribution is -0.127. The first-order valence-electron chi connectivity index (χ1n) is 9.75. The number of likely N-dealkylation sites (tertiary alicyclic amines) is 2. The van der Waals surface area contributed by atoms with Crippen LogP contribution in [-0.2, 0) is 10.2 Å². The van der Waals surface area contributed by atoms with E-state index in [1.807, 2.05) is 6.08 Å². The zero-order chi connectivity index (χ0) is 17.9. The molecule has 2 aliphatic heterocycles. The van der Waals surface area contributed by atoms with E-state index >= 15 is 0 Å². The van der Waals surface area contributed by atoms with Gasteiger partial charge in [-0.3, -0.25) is 4.79 Å². The molecule has 0 saturated carbocycles. The predicted octanol–water partition coefficient (Wildman–Crippen LogP) is 4.08. The second-order valence-corrected chi connectivity index (χ2v) is 8.54. The number of rotatable bonds is 4. The summed E-state index contributed by atoms with van der Waals surface area (Å²) in [6.07, 6.45) is 8.62. The Bertz CT molecular complexity index is 606. The number of nitrogens with zero attached hydrogens (tertiary/aromatic N) is 2. The maximum absolute atomic E-state index is 12.6. The summed E-state index contributed by atoms with van der Waals surface area (Å²) < 4.78 is 0. The Kier molecular flexibility index (Phi) is 5.63. The van der Waals surface area contributed by atoms with Crippen LogP contribution in [0.4, 0.5) is 0 Å². The molecule has 2 heterocycles. The van der Waals surface area contributed by atoms with Gasteiger partial charge in [-0.25, -0.2) is 0 Å². The molecule has 136 valence electrons. The van der Waals surface area contributed by atoms with E-state index in [0.717, 1.165) is 31.5 Å². The molecule has 1 aromatic rings. The fraction of sp³-hybridized carbons (Fsp3) is 0.591. The predicted molar refractivity (Wildman–Crippen MR) is 105 cm³/mol. The van der Waals surface area contributed by atoms with Crippen molar-refractivity contribution in [1.82, 2.24) is 9.80 Å². The Balaban J connectivity index is 1.59. The standard InChI is InChI=1S/C22H32N2O/c1-22(2,3)19-11-8-18(9-12-19)10-13-21(25)24-16-6-7-20(24)17-23-14-4-5-15-23/h8-13,20H,4-7,14-17H2,1-3H3. The van der Waals surface area contributed by atoms with Crippen LogP contribution in [0.25, 0.3) is 6.08 Å². The topological polar surface area (TPSA) is 23.6 Å². The van der Waals surface area contributed by atoms with Crippen LogP contribution in [-0.4, -0.2) is 47.9 Å². The van der Waals surface area contributed by atoms with Crippen molar-refractivity contribution in [2.45, 2.75) is 57.9 Å². The second kappa shape index (κ2) is 7.74. The largest absolute Gasteiger partial charge is 0.335 e. The molecular weight excluding hydrogens is 308 g/mol. The SMILES string of the molecule is CC(C)(C)c1ccc(C=CC(=O)N2CCCC2CN2CCCC2)cc1. The molecule has 3 heteroatoms. The zero-order valence-corrected chi connectivity index (χ0v) is 16.0. The van der Waals surface area contributed by atoms with Crippen LogP contribution >= 0.6 is 0 Å². The van der Waals surface area contributed by atoms with Gasteiger partial charge in [0.15, 0.2) is 0 Å². The number of benzene rings is 1. The highest BCUT2D eigenvalue weighted by Crippen LogP contribution is 2.23. The smallest absolute Gasteiger partial charge is 0.246 e. The van der Waals surface area contributed by atoms with Crippen LogP contribution in [0.3, 0.4) is 0 Å². The van der Waals surface area contributed by atoms with E-state index in [-0.39, 0.29) is 11.3 Å². The number of carbonyl (C=O) groups excluding carboxylic acids is 1. The third-order valence-corrected chi connectivity index (χ3v) is 5.52. The lowest BCUT2D eigenvalue weighted by atomic mass is 9.87. The van der Waals surface area contributed by atoms with E-state index < -0.39 is 0 Å². The van der Waals surface area contributed by atoms with Gasteiger partial charge in [0.25, 0.3) is 0 Å². The molecule has 0 radical (unpaired) electrons. The van der Waals surface area contributed by atoms with Crippen LogP contribution in [0.15, 0.2) is 30.3 Å². The van der Waals surface area contributed by atoms with Crippen LogP contribution in [0.5, 0.6) is 0 Å². The summed E-state index contributed by atoms with van der Waals surface area (Å²) in [6, 6.07) is 8.94. The van der Waals surface area contributed by atoms with Crippen molar-refractivity contribution in [2.75, 3.05) is 26.2 Å². The van der Waals surface area contributed by atoms with Crippen molar-refractivity contribution in [3.63, 3.8) is 0 Å².